The summed E-state index contributed by atoms with van der Waals surface area (Å²) in [6.07, 6.45) is 8.03. The van der Waals surface area contributed by atoms with E-state index in [0.717, 1.165) is 24.7 Å². The number of fused-ring (bicyclic) bond motifs is 1. The molecule has 3 heteroatoms. The highest BCUT2D eigenvalue weighted by atomic mass is 16.6. The fourth-order valence-corrected chi connectivity index (χ4v) is 4.64. The molecule has 0 amide bonds. The first kappa shape index (κ1) is 16.8. The molecule has 0 aliphatic heterocycles. The summed E-state index contributed by atoms with van der Waals surface area (Å²) in [7, 11) is 0. The molecule has 0 saturated heterocycles. The number of hydrogen-bond donors (Lipinski definition) is 1. The Kier molecular flexibility index (Phi) is 6.09. The number of rotatable bonds is 5. The van der Waals surface area contributed by atoms with E-state index in [0.29, 0.717) is 18.3 Å². The zero-order valence-electron chi connectivity index (χ0n) is 13.9. The number of esters is 1. The lowest BCUT2D eigenvalue weighted by Gasteiger charge is -2.48. The van der Waals surface area contributed by atoms with Gasteiger partial charge < -0.3 is 9.84 Å². The molecule has 2 fully saturated rings. The highest BCUT2D eigenvalue weighted by molar-refractivity contribution is 5.74. The fourth-order valence-electron chi connectivity index (χ4n) is 4.64. The largest absolute Gasteiger partial charge is 0.460 e. The molecule has 0 bridgehead atoms. The van der Waals surface area contributed by atoms with Crippen LogP contribution in [0.15, 0.2) is 0 Å². The molecule has 0 radical (unpaired) electrons. The summed E-state index contributed by atoms with van der Waals surface area (Å²) in [6.45, 7) is 6.43. The summed E-state index contributed by atoms with van der Waals surface area (Å²) in [6, 6.07) is 0. The molecule has 2 aliphatic carbocycles. The molecule has 6 atom stereocenters. The summed E-state index contributed by atoms with van der Waals surface area (Å²) in [5.41, 5.74) is 0. The van der Waals surface area contributed by atoms with Gasteiger partial charge in [0.05, 0.1) is 0 Å². The van der Waals surface area contributed by atoms with E-state index in [1.165, 1.54) is 32.1 Å². The Bertz CT molecular complexity index is 341. The molecule has 0 aromatic carbocycles. The summed E-state index contributed by atoms with van der Waals surface area (Å²) < 4.78 is 5.75. The Balaban J connectivity index is 2.09. The van der Waals surface area contributed by atoms with Gasteiger partial charge in [-0.1, -0.05) is 40.0 Å². The van der Waals surface area contributed by atoms with Gasteiger partial charge in [-0.25, -0.2) is 4.79 Å². The first-order chi connectivity index (χ1) is 10.1. The van der Waals surface area contributed by atoms with E-state index in [1.807, 2.05) is 6.92 Å². The van der Waals surface area contributed by atoms with Gasteiger partial charge >= 0.3 is 5.97 Å². The van der Waals surface area contributed by atoms with Gasteiger partial charge in [-0.15, -0.1) is 0 Å². The normalized spacial score (nSPS) is 37.6. The second kappa shape index (κ2) is 7.62. The molecule has 6 unspecified atom stereocenters. The van der Waals surface area contributed by atoms with Crippen LogP contribution in [0.1, 0.15) is 72.1 Å². The third-order valence-corrected chi connectivity index (χ3v) is 5.80. The van der Waals surface area contributed by atoms with E-state index in [9.17, 15) is 9.90 Å². The van der Waals surface area contributed by atoms with Gasteiger partial charge in [0.2, 0.25) is 0 Å². The van der Waals surface area contributed by atoms with Crippen LogP contribution in [-0.4, -0.2) is 23.3 Å². The molecule has 1 N–H and O–H groups in total. The molecule has 21 heavy (non-hydrogen) atoms. The monoisotopic (exact) mass is 296 g/mol. The Labute approximate surface area is 129 Å². The first-order valence-electron chi connectivity index (χ1n) is 8.97. The van der Waals surface area contributed by atoms with Crippen LogP contribution in [-0.2, 0) is 9.53 Å². The van der Waals surface area contributed by atoms with Gasteiger partial charge in [0.1, 0.15) is 6.10 Å². The SMILES string of the molecule is CCCC1C(C)CCC2CCCC(OC(=O)C(O)CC)C21. The molecule has 122 valence electrons. The van der Waals surface area contributed by atoms with Crippen molar-refractivity contribution in [3.63, 3.8) is 0 Å². The standard InChI is InChI=1S/C18H32O3/c1-4-7-14-12(3)10-11-13-8-6-9-16(17(13)14)21-18(20)15(19)5-2/h12-17,19H,4-11H2,1-3H3. The number of aliphatic hydroxyl groups excluding tert-OH is 1. The third-order valence-electron chi connectivity index (χ3n) is 5.80. The Hall–Kier alpha value is -0.570. The molecule has 0 spiro atoms. The van der Waals surface area contributed by atoms with Crippen LogP contribution in [0.2, 0.25) is 0 Å². The average Bonchev–Trinajstić information content (AvgIpc) is 2.49. The summed E-state index contributed by atoms with van der Waals surface area (Å²) >= 11 is 0. The molecule has 3 nitrogen and oxygen atoms in total. The predicted octanol–water partition coefficient (Wildman–Crippen LogP) is 3.93. The number of ether oxygens (including phenoxy) is 1. The van der Waals surface area contributed by atoms with Gasteiger partial charge in [-0.3, -0.25) is 0 Å². The zero-order valence-corrected chi connectivity index (χ0v) is 13.9. The van der Waals surface area contributed by atoms with Crippen LogP contribution >= 0.6 is 0 Å². The summed E-state index contributed by atoms with van der Waals surface area (Å²) in [4.78, 5) is 12.0. The molecular formula is C18H32O3. The smallest absolute Gasteiger partial charge is 0.335 e. The zero-order chi connectivity index (χ0) is 15.4. The molecule has 2 aliphatic rings. The van der Waals surface area contributed by atoms with Gasteiger partial charge in [-0.05, 0) is 49.9 Å². The van der Waals surface area contributed by atoms with Gasteiger partial charge in [0.25, 0.3) is 0 Å². The summed E-state index contributed by atoms with van der Waals surface area (Å²) in [5.74, 6) is 2.27. The van der Waals surface area contributed by atoms with E-state index >= 15 is 0 Å². The maximum absolute atomic E-state index is 12.0. The highest BCUT2D eigenvalue weighted by Gasteiger charge is 2.44. The van der Waals surface area contributed by atoms with Gasteiger partial charge in [-0.2, -0.15) is 0 Å². The van der Waals surface area contributed by atoms with E-state index in [-0.39, 0.29) is 6.10 Å². The molecule has 0 heterocycles. The minimum absolute atomic E-state index is 0.0387. The second-order valence-electron chi connectivity index (χ2n) is 7.17. The fraction of sp³-hybridized carbons (Fsp3) is 0.944. The molecule has 0 aromatic heterocycles. The summed E-state index contributed by atoms with van der Waals surface area (Å²) in [5, 5.41) is 9.70. The molecule has 2 saturated carbocycles. The minimum Gasteiger partial charge on any atom is -0.460 e. The minimum atomic E-state index is -0.948. The van der Waals surface area contributed by atoms with Crippen LogP contribution in [0.25, 0.3) is 0 Å². The van der Waals surface area contributed by atoms with Gasteiger partial charge in [0.15, 0.2) is 6.10 Å². The van der Waals surface area contributed by atoms with E-state index in [4.69, 9.17) is 4.74 Å². The molecule has 0 aromatic rings. The number of hydrogen-bond acceptors (Lipinski definition) is 3. The Morgan fingerprint density at radius 3 is 2.67 bits per heavy atom. The third kappa shape index (κ3) is 3.80. The topological polar surface area (TPSA) is 46.5 Å². The van der Waals surface area contributed by atoms with Crippen molar-refractivity contribution in [2.75, 3.05) is 0 Å². The lowest BCUT2D eigenvalue weighted by molar-refractivity contribution is -0.170. The van der Waals surface area contributed by atoms with Crippen LogP contribution in [0, 0.1) is 23.7 Å². The van der Waals surface area contributed by atoms with Gasteiger partial charge in [0, 0.05) is 5.92 Å². The molecular weight excluding hydrogens is 264 g/mol. The van der Waals surface area contributed by atoms with Crippen LogP contribution in [0.5, 0.6) is 0 Å². The highest BCUT2D eigenvalue weighted by Crippen LogP contribution is 2.48. The van der Waals surface area contributed by atoms with Crippen molar-refractivity contribution < 1.29 is 14.6 Å². The van der Waals surface area contributed by atoms with Crippen LogP contribution in [0.3, 0.4) is 0 Å². The van der Waals surface area contributed by atoms with Crippen molar-refractivity contribution in [2.24, 2.45) is 23.7 Å². The van der Waals surface area contributed by atoms with E-state index in [1.54, 1.807) is 0 Å². The maximum atomic E-state index is 12.0. The number of aliphatic hydroxyl groups is 1. The van der Waals surface area contributed by atoms with Crippen molar-refractivity contribution >= 4 is 5.97 Å². The van der Waals surface area contributed by atoms with Crippen molar-refractivity contribution in [3.05, 3.63) is 0 Å². The average molecular weight is 296 g/mol. The van der Waals surface area contributed by atoms with Crippen LogP contribution in [0.4, 0.5) is 0 Å². The van der Waals surface area contributed by atoms with Crippen LogP contribution < -0.4 is 0 Å². The maximum Gasteiger partial charge on any atom is 0.335 e. The lowest BCUT2D eigenvalue weighted by Crippen LogP contribution is -2.46. The molecule has 2 rings (SSSR count). The van der Waals surface area contributed by atoms with Crippen molar-refractivity contribution in [3.8, 4) is 0 Å². The van der Waals surface area contributed by atoms with Crippen molar-refractivity contribution in [2.45, 2.75) is 84.3 Å². The predicted molar refractivity (Wildman–Crippen MR) is 83.8 cm³/mol. The first-order valence-corrected chi connectivity index (χ1v) is 8.97. The number of carbonyl (C=O) groups excluding carboxylic acids is 1. The van der Waals surface area contributed by atoms with Crippen molar-refractivity contribution in [1.82, 2.24) is 0 Å². The van der Waals surface area contributed by atoms with E-state index < -0.39 is 12.1 Å². The van der Waals surface area contributed by atoms with Crippen molar-refractivity contribution in [1.29, 1.82) is 0 Å². The second-order valence-corrected chi connectivity index (χ2v) is 7.17. The lowest BCUT2D eigenvalue weighted by atomic mass is 9.60. The Morgan fingerprint density at radius 2 is 2.00 bits per heavy atom. The van der Waals surface area contributed by atoms with E-state index in [2.05, 4.69) is 13.8 Å². The quantitative estimate of drug-likeness (QED) is 0.782. The number of carbonyl (C=O) groups is 1. The Morgan fingerprint density at radius 1 is 1.24 bits per heavy atom.